The van der Waals surface area contributed by atoms with Crippen LogP contribution in [0.25, 0.3) is 16.4 Å². The first-order valence-electron chi connectivity index (χ1n) is 8.25. The second kappa shape index (κ2) is 7.94. The van der Waals surface area contributed by atoms with Crippen LogP contribution in [0.3, 0.4) is 0 Å². The van der Waals surface area contributed by atoms with Gasteiger partial charge in [0.25, 0.3) is 5.91 Å². The topological polar surface area (TPSA) is 115 Å². The van der Waals surface area contributed by atoms with Gasteiger partial charge >= 0.3 is 5.91 Å². The monoisotopic (exact) mass is 409 g/mol. The highest BCUT2D eigenvalue weighted by Gasteiger charge is 2.20. The lowest BCUT2D eigenvalue weighted by atomic mass is 10.3. The van der Waals surface area contributed by atoms with E-state index in [0.29, 0.717) is 11.5 Å². The Kier molecular flexibility index (Phi) is 5.03. The number of halogens is 1. The lowest BCUT2D eigenvalue weighted by Crippen LogP contribution is -2.42. The molecule has 4 rings (SSSR count). The van der Waals surface area contributed by atoms with Crippen molar-refractivity contribution in [3.05, 3.63) is 77.7 Å². The van der Waals surface area contributed by atoms with Gasteiger partial charge in [-0.15, -0.1) is 16.4 Å². The smallest absolute Gasteiger partial charge is 0.266 e. The number of nitrogens with one attached hydrogen (secondary N) is 2. The number of carbonyl (C=O) groups is 2. The van der Waals surface area contributed by atoms with Crippen molar-refractivity contribution in [3.63, 3.8) is 0 Å². The van der Waals surface area contributed by atoms with E-state index in [1.54, 1.807) is 6.07 Å². The molecule has 0 atom stereocenters. The van der Waals surface area contributed by atoms with Gasteiger partial charge in [0.1, 0.15) is 11.5 Å². The zero-order valence-corrected chi connectivity index (χ0v) is 15.4. The second-order valence-electron chi connectivity index (χ2n) is 5.63. The molecule has 0 bridgehead atoms. The molecule has 2 N–H and O–H groups in total. The highest BCUT2D eigenvalue weighted by atomic mass is 32.1. The van der Waals surface area contributed by atoms with E-state index < -0.39 is 17.6 Å². The molecule has 0 radical (unpaired) electrons. The van der Waals surface area contributed by atoms with Crippen LogP contribution in [0.1, 0.15) is 21.1 Å². The van der Waals surface area contributed by atoms with Gasteiger partial charge in [-0.1, -0.05) is 12.1 Å². The molecule has 0 unspecified atom stereocenters. The molecule has 0 aliphatic carbocycles. The van der Waals surface area contributed by atoms with Crippen molar-refractivity contribution in [1.29, 1.82) is 0 Å². The summed E-state index contributed by atoms with van der Waals surface area (Å²) in [5, 5.41) is 6.03. The SMILES string of the molecule is O=C(NNC(=O)c1nc(-c2cccs2)n(-c2cccc(F)c2)n1)c1cnccn1. The molecule has 144 valence electrons. The number of rotatable bonds is 4. The number of amides is 2. The van der Waals surface area contributed by atoms with E-state index in [0.717, 1.165) is 4.88 Å². The van der Waals surface area contributed by atoms with Crippen molar-refractivity contribution in [1.82, 2.24) is 35.6 Å². The summed E-state index contributed by atoms with van der Waals surface area (Å²) < 4.78 is 15.0. The largest absolute Gasteiger partial charge is 0.309 e. The van der Waals surface area contributed by atoms with Gasteiger partial charge in [-0.3, -0.25) is 25.4 Å². The first kappa shape index (κ1) is 18.4. The van der Waals surface area contributed by atoms with Crippen molar-refractivity contribution in [2.75, 3.05) is 0 Å². The molecule has 0 aliphatic heterocycles. The third-order valence-corrected chi connectivity index (χ3v) is 4.56. The van der Waals surface area contributed by atoms with Crippen LogP contribution in [0.4, 0.5) is 4.39 Å². The molecule has 29 heavy (non-hydrogen) atoms. The van der Waals surface area contributed by atoms with Crippen LogP contribution in [-0.2, 0) is 0 Å². The standard InChI is InChI=1S/C18H12FN7O2S/c19-11-3-1-4-12(9-11)26-16(14-5-2-8-29-14)22-15(25-26)18(28)24-23-17(27)13-10-20-6-7-21-13/h1-10H,(H,23,27)(H,24,28). The van der Waals surface area contributed by atoms with E-state index in [2.05, 4.69) is 30.9 Å². The third kappa shape index (κ3) is 3.99. The Balaban J connectivity index is 1.60. The van der Waals surface area contributed by atoms with Gasteiger partial charge in [0.05, 0.1) is 16.8 Å². The summed E-state index contributed by atoms with van der Waals surface area (Å²) in [7, 11) is 0. The van der Waals surface area contributed by atoms with Gasteiger partial charge in [-0.05, 0) is 29.6 Å². The van der Waals surface area contributed by atoms with Crippen LogP contribution in [0.2, 0.25) is 0 Å². The van der Waals surface area contributed by atoms with E-state index in [9.17, 15) is 14.0 Å². The highest BCUT2D eigenvalue weighted by Crippen LogP contribution is 2.25. The zero-order valence-electron chi connectivity index (χ0n) is 14.6. The van der Waals surface area contributed by atoms with Gasteiger partial charge in [-0.25, -0.2) is 19.0 Å². The fourth-order valence-corrected chi connectivity index (χ4v) is 3.11. The molecular formula is C18H12FN7O2S. The molecule has 4 aromatic rings. The maximum Gasteiger partial charge on any atom is 0.309 e. The van der Waals surface area contributed by atoms with E-state index in [1.165, 1.54) is 52.8 Å². The van der Waals surface area contributed by atoms with Crippen LogP contribution in [0, 0.1) is 5.82 Å². The number of thiophene rings is 1. The minimum atomic E-state index is -0.741. The molecule has 0 spiro atoms. The maximum atomic E-state index is 13.7. The van der Waals surface area contributed by atoms with Crippen LogP contribution in [0.5, 0.6) is 0 Å². The van der Waals surface area contributed by atoms with E-state index >= 15 is 0 Å². The minimum Gasteiger partial charge on any atom is -0.266 e. The van der Waals surface area contributed by atoms with Crippen LogP contribution >= 0.6 is 11.3 Å². The molecule has 9 nitrogen and oxygen atoms in total. The van der Waals surface area contributed by atoms with Crippen molar-refractivity contribution < 1.29 is 14.0 Å². The van der Waals surface area contributed by atoms with Gasteiger partial charge in [0.2, 0.25) is 5.82 Å². The molecule has 1 aromatic carbocycles. The second-order valence-corrected chi connectivity index (χ2v) is 6.57. The molecule has 0 saturated carbocycles. The average Bonchev–Trinajstić information content (AvgIpc) is 3.42. The predicted octanol–water partition coefficient (Wildman–Crippen LogP) is 2.00. The molecule has 3 aromatic heterocycles. The number of hydrazine groups is 1. The fraction of sp³-hybridized carbons (Fsp3) is 0. The number of nitrogens with zero attached hydrogens (tertiary/aromatic N) is 5. The van der Waals surface area contributed by atoms with Gasteiger partial charge < -0.3 is 0 Å². The van der Waals surface area contributed by atoms with Gasteiger partial charge in [-0.2, -0.15) is 0 Å². The lowest BCUT2D eigenvalue weighted by molar-refractivity contribution is 0.0838. The van der Waals surface area contributed by atoms with Gasteiger partial charge in [0.15, 0.2) is 5.82 Å². The molecule has 0 saturated heterocycles. The molecular weight excluding hydrogens is 397 g/mol. The van der Waals surface area contributed by atoms with E-state index in [1.807, 2.05) is 17.5 Å². The Morgan fingerprint density at radius 1 is 1.07 bits per heavy atom. The van der Waals surface area contributed by atoms with Crippen molar-refractivity contribution in [2.45, 2.75) is 0 Å². The Morgan fingerprint density at radius 3 is 2.66 bits per heavy atom. The number of hydrogen-bond acceptors (Lipinski definition) is 7. The Morgan fingerprint density at radius 2 is 1.93 bits per heavy atom. The average molecular weight is 409 g/mol. The predicted molar refractivity (Wildman–Crippen MR) is 102 cm³/mol. The number of hydrogen-bond donors (Lipinski definition) is 2. The van der Waals surface area contributed by atoms with Gasteiger partial charge in [0, 0.05) is 12.4 Å². The van der Waals surface area contributed by atoms with E-state index in [4.69, 9.17) is 0 Å². The summed E-state index contributed by atoms with van der Waals surface area (Å²) >= 11 is 1.40. The zero-order chi connectivity index (χ0) is 20.2. The first-order chi connectivity index (χ1) is 14.1. The minimum absolute atomic E-state index is 0.0327. The van der Waals surface area contributed by atoms with Crippen molar-refractivity contribution >= 4 is 23.2 Å². The molecule has 11 heteroatoms. The summed E-state index contributed by atoms with van der Waals surface area (Å²) in [6.07, 6.45) is 4.03. The summed E-state index contributed by atoms with van der Waals surface area (Å²) in [5.74, 6) is -1.66. The Labute approximate surface area is 167 Å². The van der Waals surface area contributed by atoms with Crippen molar-refractivity contribution in [3.8, 4) is 16.4 Å². The van der Waals surface area contributed by atoms with Crippen LogP contribution in [0.15, 0.2) is 60.4 Å². The van der Waals surface area contributed by atoms with Crippen LogP contribution in [-0.4, -0.2) is 36.5 Å². The highest BCUT2D eigenvalue weighted by molar-refractivity contribution is 7.13. The summed E-state index contributed by atoms with van der Waals surface area (Å²) in [4.78, 5) is 37.0. The first-order valence-corrected chi connectivity index (χ1v) is 9.13. The number of aromatic nitrogens is 5. The maximum absolute atomic E-state index is 13.7. The molecule has 0 fully saturated rings. The molecule has 0 aliphatic rings. The Hall–Kier alpha value is -3.99. The lowest BCUT2D eigenvalue weighted by Gasteiger charge is -2.04. The summed E-state index contributed by atoms with van der Waals surface area (Å²) in [6.45, 7) is 0. The number of carbonyl (C=O) groups excluding carboxylic acids is 2. The van der Waals surface area contributed by atoms with Crippen LogP contribution < -0.4 is 10.9 Å². The summed E-state index contributed by atoms with van der Waals surface area (Å²) in [6, 6.07) is 9.40. The summed E-state index contributed by atoms with van der Waals surface area (Å²) in [5.41, 5.74) is 4.89. The fourth-order valence-electron chi connectivity index (χ4n) is 2.41. The van der Waals surface area contributed by atoms with Crippen molar-refractivity contribution in [2.24, 2.45) is 0 Å². The van der Waals surface area contributed by atoms with E-state index in [-0.39, 0.29) is 11.5 Å². The Bertz CT molecular complexity index is 1160. The normalized spacial score (nSPS) is 10.5. The molecule has 3 heterocycles. The number of benzene rings is 1. The quantitative estimate of drug-likeness (QED) is 0.498. The molecule has 2 amide bonds. The third-order valence-electron chi connectivity index (χ3n) is 3.69.